The number of aromatic hydroxyl groups is 1. The summed E-state index contributed by atoms with van der Waals surface area (Å²) in [6.45, 7) is 16.2. The fraction of sp³-hybridized carbons (Fsp3) is 0.333. The van der Waals surface area contributed by atoms with Crippen LogP contribution in [0.25, 0.3) is 0 Å². The van der Waals surface area contributed by atoms with Crippen LogP contribution in [0.1, 0.15) is 75.8 Å². The molecular formula is C36H51NO2. The molecule has 0 saturated heterocycles. The standard InChI is InChI=1S/C10H15NO.C10H16.C8H10O.C8H10/c1-7-4-5-9(8(2)11)6-10(7)12-3;1-4-6-7-9-10(3)8-5-2;1-2-7-5-3-4-6-8(7)9;1-2-8-6-4-3-5-7-8/h4-6,8H,11H2,1-3H3;4,6-7,9H,3,5,8H2,1-2H3;3-6,9H,2H2,1H3;3-7H,2H2,1H3/b;6-4-,9-7-;;. The topological polar surface area (TPSA) is 55.5 Å². The highest BCUT2D eigenvalue weighted by molar-refractivity contribution is 5.37. The molecule has 3 nitrogen and oxygen atoms in total. The van der Waals surface area contributed by atoms with Crippen LogP contribution < -0.4 is 10.5 Å². The van der Waals surface area contributed by atoms with Gasteiger partial charge >= 0.3 is 0 Å². The number of hydrogen-bond donors (Lipinski definition) is 2. The van der Waals surface area contributed by atoms with Gasteiger partial charge in [-0.05, 0) is 74.4 Å². The summed E-state index contributed by atoms with van der Waals surface area (Å²) in [4.78, 5) is 0. The predicted octanol–water partition coefficient (Wildman–Crippen LogP) is 9.70. The van der Waals surface area contributed by atoms with Gasteiger partial charge < -0.3 is 15.6 Å². The molecule has 1 atom stereocenters. The lowest BCUT2D eigenvalue weighted by Crippen LogP contribution is -2.05. The summed E-state index contributed by atoms with van der Waals surface area (Å²) < 4.78 is 5.18. The van der Waals surface area contributed by atoms with Crippen molar-refractivity contribution in [2.45, 2.75) is 73.3 Å². The second-order valence-electron chi connectivity index (χ2n) is 9.13. The molecule has 3 aromatic carbocycles. The van der Waals surface area contributed by atoms with E-state index in [4.69, 9.17) is 15.6 Å². The SMILES string of the molecule is C=C(/C=C\C=C/C)CCC.CCc1ccccc1.CCc1ccccc1O.COc1cc(C(C)N)ccc1C. The lowest BCUT2D eigenvalue weighted by Gasteiger charge is -2.09. The first-order valence-electron chi connectivity index (χ1n) is 13.9. The highest BCUT2D eigenvalue weighted by Gasteiger charge is 2.02. The minimum absolute atomic E-state index is 0.0690. The number of aryl methyl sites for hydroxylation is 3. The Morgan fingerprint density at radius 3 is 2.05 bits per heavy atom. The number of phenolic OH excluding ortho intramolecular Hbond substituents is 1. The first-order valence-corrected chi connectivity index (χ1v) is 13.9. The maximum absolute atomic E-state index is 9.11. The van der Waals surface area contributed by atoms with Gasteiger partial charge in [0.25, 0.3) is 0 Å². The van der Waals surface area contributed by atoms with Crippen molar-refractivity contribution in [1.82, 2.24) is 0 Å². The van der Waals surface area contributed by atoms with Crippen LogP contribution in [0.2, 0.25) is 0 Å². The van der Waals surface area contributed by atoms with Gasteiger partial charge in [0, 0.05) is 6.04 Å². The third-order valence-electron chi connectivity index (χ3n) is 5.79. The largest absolute Gasteiger partial charge is 0.508 e. The minimum Gasteiger partial charge on any atom is -0.508 e. The van der Waals surface area contributed by atoms with E-state index < -0.39 is 0 Å². The smallest absolute Gasteiger partial charge is 0.122 e. The van der Waals surface area contributed by atoms with Gasteiger partial charge in [0.15, 0.2) is 0 Å². The van der Waals surface area contributed by atoms with Gasteiger partial charge in [0.05, 0.1) is 7.11 Å². The number of rotatable bonds is 8. The Hall–Kier alpha value is -3.56. The number of methoxy groups -OCH3 is 1. The number of phenols is 1. The van der Waals surface area contributed by atoms with Gasteiger partial charge in [-0.3, -0.25) is 0 Å². The number of allylic oxidation sites excluding steroid dienone is 5. The van der Waals surface area contributed by atoms with Crippen molar-refractivity contribution < 1.29 is 9.84 Å². The fourth-order valence-corrected chi connectivity index (χ4v) is 3.35. The Morgan fingerprint density at radius 1 is 0.949 bits per heavy atom. The van der Waals surface area contributed by atoms with Crippen LogP contribution >= 0.6 is 0 Å². The zero-order valence-electron chi connectivity index (χ0n) is 25.3. The summed E-state index contributed by atoms with van der Waals surface area (Å²) >= 11 is 0. The van der Waals surface area contributed by atoms with Crippen LogP contribution in [0.5, 0.6) is 11.5 Å². The van der Waals surface area contributed by atoms with E-state index in [1.807, 2.05) is 88.4 Å². The van der Waals surface area contributed by atoms with Crippen LogP contribution in [0.3, 0.4) is 0 Å². The Labute approximate surface area is 238 Å². The van der Waals surface area contributed by atoms with E-state index >= 15 is 0 Å². The van der Waals surface area contributed by atoms with E-state index in [1.54, 1.807) is 13.2 Å². The molecule has 0 fully saturated rings. The normalized spacial score (nSPS) is 10.9. The quantitative estimate of drug-likeness (QED) is 0.286. The molecule has 3 rings (SSSR count). The number of ether oxygens (including phenoxy) is 1. The van der Waals surface area contributed by atoms with Crippen molar-refractivity contribution in [3.63, 3.8) is 0 Å². The minimum atomic E-state index is 0.0690. The van der Waals surface area contributed by atoms with Gasteiger partial charge in [-0.25, -0.2) is 0 Å². The van der Waals surface area contributed by atoms with Gasteiger partial charge in [-0.2, -0.15) is 0 Å². The van der Waals surface area contributed by atoms with Crippen LogP contribution in [0, 0.1) is 6.92 Å². The van der Waals surface area contributed by atoms with Crippen molar-refractivity contribution in [3.8, 4) is 11.5 Å². The van der Waals surface area contributed by atoms with E-state index in [2.05, 4.69) is 50.8 Å². The second kappa shape index (κ2) is 22.4. The molecule has 3 N–H and O–H groups in total. The summed E-state index contributed by atoms with van der Waals surface area (Å²) in [5.74, 6) is 1.31. The molecule has 212 valence electrons. The molecule has 0 spiro atoms. The third-order valence-corrected chi connectivity index (χ3v) is 5.79. The van der Waals surface area contributed by atoms with Crippen LogP contribution in [0.4, 0.5) is 0 Å². The number of nitrogens with two attached hydrogens (primary N) is 1. The van der Waals surface area contributed by atoms with E-state index in [9.17, 15) is 0 Å². The molecule has 0 aliphatic rings. The lowest BCUT2D eigenvalue weighted by molar-refractivity contribution is 0.411. The molecule has 1 unspecified atom stereocenters. The fourth-order valence-electron chi connectivity index (χ4n) is 3.35. The van der Waals surface area contributed by atoms with E-state index in [1.165, 1.54) is 17.6 Å². The molecular weight excluding hydrogens is 478 g/mol. The summed E-state index contributed by atoms with van der Waals surface area (Å²) in [6, 6.07) is 24.0. The third kappa shape index (κ3) is 16.8. The zero-order valence-corrected chi connectivity index (χ0v) is 25.3. The summed E-state index contributed by atoms with van der Waals surface area (Å²) in [7, 11) is 1.67. The Bertz CT molecular complexity index is 1100. The van der Waals surface area contributed by atoms with Gasteiger partial charge in [-0.1, -0.05) is 124 Å². The predicted molar refractivity (Wildman–Crippen MR) is 172 cm³/mol. The molecule has 3 aromatic rings. The molecule has 0 amide bonds. The zero-order chi connectivity index (χ0) is 29.5. The molecule has 3 heteroatoms. The monoisotopic (exact) mass is 529 g/mol. The second-order valence-corrected chi connectivity index (χ2v) is 9.13. The van der Waals surface area contributed by atoms with E-state index in [-0.39, 0.29) is 6.04 Å². The maximum atomic E-state index is 9.11. The first kappa shape index (κ1) is 35.4. The highest BCUT2D eigenvalue weighted by atomic mass is 16.5. The first-order chi connectivity index (χ1) is 18.7. The van der Waals surface area contributed by atoms with Crippen molar-refractivity contribution in [2.75, 3.05) is 7.11 Å². The number of benzene rings is 3. The summed E-state index contributed by atoms with van der Waals surface area (Å²) in [6.07, 6.45) is 12.4. The molecule has 0 aromatic heterocycles. The highest BCUT2D eigenvalue weighted by Crippen LogP contribution is 2.21. The van der Waals surface area contributed by atoms with Gasteiger partial charge in [0.2, 0.25) is 0 Å². The molecule has 0 aliphatic heterocycles. The summed E-state index contributed by atoms with van der Waals surface area (Å²) in [5, 5.41) is 9.11. The molecule has 0 saturated carbocycles. The number of hydrogen-bond acceptors (Lipinski definition) is 3. The molecule has 0 bridgehead atoms. The van der Waals surface area contributed by atoms with Crippen molar-refractivity contribution in [3.05, 3.63) is 132 Å². The van der Waals surface area contributed by atoms with Crippen LogP contribution in [-0.2, 0) is 12.8 Å². The Balaban J connectivity index is 0.000000499. The van der Waals surface area contributed by atoms with Gasteiger partial charge in [0.1, 0.15) is 11.5 Å². The maximum Gasteiger partial charge on any atom is 0.122 e. The molecule has 0 heterocycles. The van der Waals surface area contributed by atoms with Crippen molar-refractivity contribution in [2.24, 2.45) is 5.73 Å². The molecule has 39 heavy (non-hydrogen) atoms. The van der Waals surface area contributed by atoms with Crippen molar-refractivity contribution >= 4 is 0 Å². The van der Waals surface area contributed by atoms with Crippen LogP contribution in [-0.4, -0.2) is 12.2 Å². The summed E-state index contributed by atoms with van der Waals surface area (Å²) in [5.41, 5.74) is 11.6. The number of para-hydroxylation sites is 1. The molecule has 0 radical (unpaired) electrons. The Kier molecular flexibility index (Phi) is 20.4. The lowest BCUT2D eigenvalue weighted by atomic mass is 10.1. The average molecular weight is 530 g/mol. The van der Waals surface area contributed by atoms with Crippen molar-refractivity contribution in [1.29, 1.82) is 0 Å². The van der Waals surface area contributed by atoms with E-state index in [0.717, 1.165) is 41.7 Å². The van der Waals surface area contributed by atoms with E-state index in [0.29, 0.717) is 5.75 Å². The Morgan fingerprint density at radius 2 is 1.59 bits per heavy atom. The van der Waals surface area contributed by atoms with Crippen LogP contribution in [0.15, 0.2) is 109 Å². The molecule has 0 aliphatic carbocycles. The van der Waals surface area contributed by atoms with Gasteiger partial charge in [-0.15, -0.1) is 0 Å². The average Bonchev–Trinajstić information content (AvgIpc) is 2.95.